The quantitative estimate of drug-likeness (QED) is 0.574. The zero-order chi connectivity index (χ0) is 18.4. The highest BCUT2D eigenvalue weighted by Gasteiger charge is 2.20. The van der Waals surface area contributed by atoms with Gasteiger partial charge >= 0.3 is 0 Å². The van der Waals surface area contributed by atoms with Crippen LogP contribution < -0.4 is 10.5 Å². The van der Waals surface area contributed by atoms with E-state index in [2.05, 4.69) is 0 Å². The van der Waals surface area contributed by atoms with E-state index >= 15 is 0 Å². The maximum Gasteiger partial charge on any atom is 0.124 e. The number of aliphatic hydroxyl groups is 1. The number of aromatic hydroxyl groups is 1. The number of hydrogen-bond donors (Lipinski definition) is 3. The number of nitrogens with two attached hydrogens (primary N) is 1. The van der Waals surface area contributed by atoms with Crippen molar-refractivity contribution in [2.24, 2.45) is 5.73 Å². The van der Waals surface area contributed by atoms with E-state index in [1.165, 1.54) is 6.07 Å². The van der Waals surface area contributed by atoms with Crippen LogP contribution in [0.2, 0.25) is 0 Å². The second kappa shape index (κ2) is 9.97. The van der Waals surface area contributed by atoms with Crippen LogP contribution in [0.5, 0.6) is 11.5 Å². The smallest absolute Gasteiger partial charge is 0.124 e. The van der Waals surface area contributed by atoms with Gasteiger partial charge in [-0.2, -0.15) is 0 Å². The van der Waals surface area contributed by atoms with E-state index in [1.807, 2.05) is 60.7 Å². The molecule has 0 amide bonds. The predicted octanol–water partition coefficient (Wildman–Crippen LogP) is 4.00. The molecule has 0 fully saturated rings. The molecule has 0 unspecified atom stereocenters. The van der Waals surface area contributed by atoms with Gasteiger partial charge in [-0.25, -0.2) is 0 Å². The average molecular weight is 386 g/mol. The first-order chi connectivity index (χ1) is 12.6. The van der Waals surface area contributed by atoms with E-state index < -0.39 is 12.1 Å². The van der Waals surface area contributed by atoms with E-state index in [-0.39, 0.29) is 18.2 Å². The normalized spacial score (nSPS) is 12.7. The topological polar surface area (TPSA) is 75.7 Å². The Hall–Kier alpha value is -2.53. The van der Waals surface area contributed by atoms with Gasteiger partial charge in [-0.3, -0.25) is 0 Å². The monoisotopic (exact) mass is 385 g/mol. The minimum atomic E-state index is -0.792. The van der Waals surface area contributed by atoms with Crippen LogP contribution in [0.25, 0.3) is 0 Å². The Bertz CT molecular complexity index is 827. The molecule has 3 aromatic carbocycles. The number of ether oxygens (including phenoxy) is 1. The van der Waals surface area contributed by atoms with E-state index in [0.717, 1.165) is 11.1 Å². The molecule has 4 N–H and O–H groups in total. The Kier molecular flexibility index (Phi) is 7.67. The largest absolute Gasteiger partial charge is 0.507 e. The fraction of sp³-hybridized carbons (Fsp3) is 0.182. The van der Waals surface area contributed by atoms with E-state index in [0.29, 0.717) is 24.3 Å². The summed E-state index contributed by atoms with van der Waals surface area (Å²) in [6.45, 7) is 0.419. The highest BCUT2D eigenvalue weighted by Crippen LogP contribution is 2.30. The summed E-state index contributed by atoms with van der Waals surface area (Å²) in [5, 5.41) is 20.7. The van der Waals surface area contributed by atoms with Crippen molar-refractivity contribution in [3.05, 3.63) is 95.6 Å². The summed E-state index contributed by atoms with van der Waals surface area (Å²) in [7, 11) is 0. The van der Waals surface area contributed by atoms with Crippen LogP contribution in [0, 0.1) is 0 Å². The molecule has 27 heavy (non-hydrogen) atoms. The van der Waals surface area contributed by atoms with Crippen LogP contribution in [0.3, 0.4) is 0 Å². The Morgan fingerprint density at radius 2 is 1.44 bits per heavy atom. The Balaban J connectivity index is 0.00000261. The lowest BCUT2D eigenvalue weighted by atomic mass is 9.96. The molecule has 0 radical (unpaired) electrons. The summed E-state index contributed by atoms with van der Waals surface area (Å²) in [4.78, 5) is 0. The number of hydrogen-bond acceptors (Lipinski definition) is 4. The zero-order valence-corrected chi connectivity index (χ0v) is 15.7. The number of phenols is 1. The van der Waals surface area contributed by atoms with Crippen LogP contribution in [0.1, 0.15) is 22.7 Å². The molecule has 3 aromatic rings. The lowest BCUT2D eigenvalue weighted by Gasteiger charge is -2.20. The van der Waals surface area contributed by atoms with Gasteiger partial charge in [-0.05, 0) is 23.3 Å². The summed E-state index contributed by atoms with van der Waals surface area (Å²) in [5.41, 5.74) is 8.70. The second-order valence-corrected chi connectivity index (χ2v) is 6.28. The lowest BCUT2D eigenvalue weighted by molar-refractivity contribution is 0.143. The Morgan fingerprint density at radius 3 is 2.04 bits per heavy atom. The van der Waals surface area contributed by atoms with Crippen molar-refractivity contribution in [1.29, 1.82) is 0 Å². The molecule has 0 saturated carbocycles. The van der Waals surface area contributed by atoms with Crippen LogP contribution in [-0.2, 0) is 13.0 Å². The first-order valence-corrected chi connectivity index (χ1v) is 8.60. The molecule has 0 aromatic heterocycles. The van der Waals surface area contributed by atoms with Gasteiger partial charge in [0.05, 0.1) is 12.1 Å². The van der Waals surface area contributed by atoms with E-state index in [9.17, 15) is 10.2 Å². The molecule has 4 nitrogen and oxygen atoms in total. The van der Waals surface area contributed by atoms with Crippen molar-refractivity contribution >= 4 is 12.4 Å². The Morgan fingerprint density at radius 1 is 0.852 bits per heavy atom. The van der Waals surface area contributed by atoms with Crippen LogP contribution in [-0.4, -0.2) is 16.3 Å². The van der Waals surface area contributed by atoms with Crippen molar-refractivity contribution < 1.29 is 14.9 Å². The molecule has 3 rings (SSSR count). The molecule has 0 saturated heterocycles. The third-order valence-electron chi connectivity index (χ3n) is 4.31. The lowest BCUT2D eigenvalue weighted by Crippen LogP contribution is -2.28. The number of benzene rings is 3. The third-order valence-corrected chi connectivity index (χ3v) is 4.31. The molecule has 0 spiro atoms. The predicted molar refractivity (Wildman–Crippen MR) is 109 cm³/mol. The third kappa shape index (κ3) is 5.73. The molecular weight excluding hydrogens is 362 g/mol. The van der Waals surface area contributed by atoms with Gasteiger partial charge in [0.2, 0.25) is 0 Å². The highest BCUT2D eigenvalue weighted by molar-refractivity contribution is 5.85. The van der Waals surface area contributed by atoms with Gasteiger partial charge in [-0.15, -0.1) is 12.4 Å². The van der Waals surface area contributed by atoms with Gasteiger partial charge in [0, 0.05) is 18.1 Å². The van der Waals surface area contributed by atoms with Crippen molar-refractivity contribution in [1.82, 2.24) is 0 Å². The highest BCUT2D eigenvalue weighted by atomic mass is 35.5. The summed E-state index contributed by atoms with van der Waals surface area (Å²) < 4.78 is 5.70. The molecule has 2 atom stereocenters. The van der Waals surface area contributed by atoms with Crippen LogP contribution in [0.4, 0.5) is 0 Å². The van der Waals surface area contributed by atoms with Gasteiger partial charge in [-0.1, -0.05) is 60.7 Å². The zero-order valence-electron chi connectivity index (χ0n) is 14.9. The minimum absolute atomic E-state index is 0. The summed E-state index contributed by atoms with van der Waals surface area (Å²) in [6, 6.07) is 23.8. The average Bonchev–Trinajstić information content (AvgIpc) is 2.67. The van der Waals surface area contributed by atoms with Crippen LogP contribution >= 0.6 is 12.4 Å². The maximum atomic E-state index is 10.4. The van der Waals surface area contributed by atoms with Crippen molar-refractivity contribution in [2.75, 3.05) is 0 Å². The maximum absolute atomic E-state index is 10.4. The first-order valence-electron chi connectivity index (χ1n) is 8.60. The molecule has 0 aliphatic heterocycles. The van der Waals surface area contributed by atoms with Gasteiger partial charge in [0.1, 0.15) is 18.1 Å². The molecule has 5 heteroatoms. The van der Waals surface area contributed by atoms with E-state index in [1.54, 1.807) is 12.1 Å². The fourth-order valence-electron chi connectivity index (χ4n) is 2.83. The molecule has 0 aliphatic carbocycles. The summed E-state index contributed by atoms with van der Waals surface area (Å²) in [6.07, 6.45) is -0.368. The SMILES string of the molecule is Cl.N[C@H](c1ccc(OCc2ccccc2)cc1O)[C@@H](O)Cc1ccccc1. The number of phenolic OH excluding ortho intramolecular Hbond substituents is 1. The van der Waals surface area contributed by atoms with E-state index in [4.69, 9.17) is 10.5 Å². The van der Waals surface area contributed by atoms with Gasteiger partial charge in [0.25, 0.3) is 0 Å². The number of rotatable bonds is 7. The fourth-order valence-corrected chi connectivity index (χ4v) is 2.83. The van der Waals surface area contributed by atoms with Gasteiger partial charge < -0.3 is 20.7 Å². The molecule has 0 aliphatic rings. The van der Waals surface area contributed by atoms with Gasteiger partial charge in [0.15, 0.2) is 0 Å². The number of halogens is 1. The molecular formula is C22H24ClNO3. The Labute approximate surface area is 165 Å². The second-order valence-electron chi connectivity index (χ2n) is 6.28. The van der Waals surface area contributed by atoms with Crippen LogP contribution in [0.15, 0.2) is 78.9 Å². The first kappa shape index (κ1) is 20.8. The summed E-state index contributed by atoms with van der Waals surface area (Å²) in [5.74, 6) is 0.579. The van der Waals surface area contributed by atoms with Crippen molar-refractivity contribution in [3.63, 3.8) is 0 Å². The standard InChI is InChI=1S/C22H23NO3.ClH/c23-22(21(25)13-16-7-3-1-4-8-16)19-12-11-18(14-20(19)24)26-15-17-9-5-2-6-10-17;/h1-12,14,21-22,24-25H,13,15,23H2;1H/t21-,22+;/m0./s1. The summed E-state index contributed by atoms with van der Waals surface area (Å²) >= 11 is 0. The molecule has 142 valence electrons. The van der Waals surface area contributed by atoms with Crippen molar-refractivity contribution in [3.8, 4) is 11.5 Å². The number of aliphatic hydroxyl groups excluding tert-OH is 1. The van der Waals surface area contributed by atoms with Crippen molar-refractivity contribution in [2.45, 2.75) is 25.2 Å². The minimum Gasteiger partial charge on any atom is -0.507 e. The molecule has 0 bridgehead atoms. The molecule has 0 heterocycles.